The first kappa shape index (κ1) is 23.2. The van der Waals surface area contributed by atoms with Crippen LogP contribution in [-0.2, 0) is 14.8 Å². The number of carbonyl (C=O) groups is 1. The third-order valence-corrected chi connectivity index (χ3v) is 6.45. The van der Waals surface area contributed by atoms with Gasteiger partial charge in [0.25, 0.3) is 0 Å². The van der Waals surface area contributed by atoms with Crippen molar-refractivity contribution in [3.8, 4) is 0 Å². The molecule has 1 amide bonds. The van der Waals surface area contributed by atoms with E-state index in [1.165, 1.54) is 4.31 Å². The Labute approximate surface area is 179 Å². The van der Waals surface area contributed by atoms with Gasteiger partial charge in [-0.25, -0.2) is 8.42 Å². The predicted octanol–water partition coefficient (Wildman–Crippen LogP) is 5.27. The molecular weight excluding hydrogens is 408 g/mol. The van der Waals surface area contributed by atoms with Crippen molar-refractivity contribution in [3.05, 3.63) is 58.1 Å². The highest BCUT2D eigenvalue weighted by atomic mass is 35.5. The van der Waals surface area contributed by atoms with E-state index in [1.807, 2.05) is 25.1 Å². The zero-order valence-corrected chi connectivity index (χ0v) is 19.2. The molecule has 1 N–H and O–H groups in total. The molecule has 0 fully saturated rings. The van der Waals surface area contributed by atoms with Crippen molar-refractivity contribution in [1.82, 2.24) is 0 Å². The number of anilines is 2. The number of amides is 1. The Morgan fingerprint density at radius 2 is 1.79 bits per heavy atom. The molecule has 7 heteroatoms. The average Bonchev–Trinajstić information content (AvgIpc) is 2.62. The molecule has 0 saturated heterocycles. The first-order chi connectivity index (χ1) is 13.5. The van der Waals surface area contributed by atoms with E-state index in [2.05, 4.69) is 19.2 Å². The predicted molar refractivity (Wildman–Crippen MR) is 122 cm³/mol. The van der Waals surface area contributed by atoms with Crippen LogP contribution in [0.5, 0.6) is 0 Å². The third kappa shape index (κ3) is 5.97. The van der Waals surface area contributed by atoms with Crippen molar-refractivity contribution in [1.29, 1.82) is 0 Å². The molecule has 0 spiro atoms. The number of halogens is 1. The van der Waals surface area contributed by atoms with Crippen molar-refractivity contribution in [2.45, 2.75) is 46.5 Å². The first-order valence-electron chi connectivity index (χ1n) is 9.64. The van der Waals surface area contributed by atoms with Crippen LogP contribution >= 0.6 is 11.6 Å². The van der Waals surface area contributed by atoms with Crippen LogP contribution in [0.15, 0.2) is 36.4 Å². The molecule has 0 aliphatic rings. The van der Waals surface area contributed by atoms with Crippen LogP contribution < -0.4 is 9.62 Å². The highest BCUT2D eigenvalue weighted by molar-refractivity contribution is 7.92. The summed E-state index contributed by atoms with van der Waals surface area (Å²) in [6, 6.07) is 11.1. The number of carbonyl (C=O) groups excluding carboxylic acids is 1. The molecule has 2 aromatic carbocycles. The summed E-state index contributed by atoms with van der Waals surface area (Å²) in [7, 11) is -3.50. The zero-order chi connectivity index (χ0) is 21.8. The Morgan fingerprint density at radius 3 is 2.41 bits per heavy atom. The Balaban J connectivity index is 2.09. The van der Waals surface area contributed by atoms with Gasteiger partial charge in [0.1, 0.15) is 0 Å². The number of benzene rings is 2. The number of nitrogens with zero attached hydrogens (tertiary/aromatic N) is 1. The minimum Gasteiger partial charge on any atom is -0.326 e. The van der Waals surface area contributed by atoms with E-state index in [0.29, 0.717) is 22.7 Å². The molecule has 0 bridgehead atoms. The van der Waals surface area contributed by atoms with Gasteiger partial charge in [-0.15, -0.1) is 0 Å². The highest BCUT2D eigenvalue weighted by Crippen LogP contribution is 2.29. The second-order valence-corrected chi connectivity index (χ2v) is 9.88. The van der Waals surface area contributed by atoms with E-state index in [1.54, 1.807) is 25.1 Å². The molecule has 5 nitrogen and oxygen atoms in total. The SMILES string of the molecule is Cc1cccc(C(C)C)c1NC(=O)CCCN(c1cccc(Cl)c1C)S(C)(=O)=O. The van der Waals surface area contributed by atoms with Crippen LogP contribution in [0.4, 0.5) is 11.4 Å². The maximum absolute atomic E-state index is 12.5. The molecule has 0 radical (unpaired) electrons. The number of sulfonamides is 1. The first-order valence-corrected chi connectivity index (χ1v) is 11.9. The Hall–Kier alpha value is -2.05. The lowest BCUT2D eigenvalue weighted by atomic mass is 9.98. The van der Waals surface area contributed by atoms with Crippen LogP contribution in [0.1, 0.15) is 49.3 Å². The van der Waals surface area contributed by atoms with Crippen LogP contribution in [0, 0.1) is 13.8 Å². The fourth-order valence-corrected chi connectivity index (χ4v) is 4.44. The van der Waals surface area contributed by atoms with Crippen molar-refractivity contribution in [2.24, 2.45) is 0 Å². The molecule has 0 unspecified atom stereocenters. The monoisotopic (exact) mass is 436 g/mol. The van der Waals surface area contributed by atoms with Crippen LogP contribution in [0.2, 0.25) is 5.02 Å². The van der Waals surface area contributed by atoms with Crippen molar-refractivity contribution < 1.29 is 13.2 Å². The van der Waals surface area contributed by atoms with Gasteiger partial charge in [-0.3, -0.25) is 9.10 Å². The van der Waals surface area contributed by atoms with Gasteiger partial charge in [0, 0.05) is 23.7 Å². The largest absolute Gasteiger partial charge is 0.326 e. The number of para-hydroxylation sites is 1. The molecule has 0 aromatic heterocycles. The Bertz CT molecular complexity index is 988. The summed E-state index contributed by atoms with van der Waals surface area (Å²) in [5.41, 5.74) is 4.19. The molecule has 0 saturated carbocycles. The normalized spacial score (nSPS) is 11.6. The summed E-state index contributed by atoms with van der Waals surface area (Å²) in [6.45, 7) is 8.13. The van der Waals surface area contributed by atoms with Crippen LogP contribution in [-0.4, -0.2) is 27.1 Å². The van der Waals surface area contributed by atoms with Gasteiger partial charge in [-0.1, -0.05) is 49.7 Å². The second-order valence-electron chi connectivity index (χ2n) is 7.56. The summed E-state index contributed by atoms with van der Waals surface area (Å²) in [5, 5.41) is 3.51. The summed E-state index contributed by atoms with van der Waals surface area (Å²) >= 11 is 6.15. The molecule has 158 valence electrons. The fraction of sp³-hybridized carbons (Fsp3) is 0.409. The van der Waals surface area contributed by atoms with E-state index in [4.69, 9.17) is 11.6 Å². The summed E-state index contributed by atoms with van der Waals surface area (Å²) < 4.78 is 25.9. The number of rotatable bonds is 8. The van der Waals surface area contributed by atoms with Gasteiger partial charge in [-0.2, -0.15) is 0 Å². The Kier molecular flexibility index (Phi) is 7.72. The maximum atomic E-state index is 12.5. The van der Waals surface area contributed by atoms with Crippen LogP contribution in [0.25, 0.3) is 0 Å². The fourth-order valence-electron chi connectivity index (χ4n) is 3.26. The highest BCUT2D eigenvalue weighted by Gasteiger charge is 2.20. The lowest BCUT2D eigenvalue weighted by molar-refractivity contribution is -0.116. The molecule has 29 heavy (non-hydrogen) atoms. The molecule has 2 aromatic rings. The van der Waals surface area contributed by atoms with Gasteiger partial charge >= 0.3 is 0 Å². The minimum atomic E-state index is -3.50. The summed E-state index contributed by atoms with van der Waals surface area (Å²) in [6.07, 6.45) is 1.78. The lowest BCUT2D eigenvalue weighted by Gasteiger charge is -2.24. The maximum Gasteiger partial charge on any atom is 0.232 e. The number of aryl methyl sites for hydroxylation is 1. The van der Waals surface area contributed by atoms with E-state index >= 15 is 0 Å². The number of hydrogen-bond acceptors (Lipinski definition) is 3. The third-order valence-electron chi connectivity index (χ3n) is 4.86. The minimum absolute atomic E-state index is 0.127. The molecule has 0 atom stereocenters. The average molecular weight is 437 g/mol. The lowest BCUT2D eigenvalue weighted by Crippen LogP contribution is -2.32. The molecule has 0 aliphatic carbocycles. The van der Waals surface area contributed by atoms with Gasteiger partial charge in [0.05, 0.1) is 11.9 Å². The van der Waals surface area contributed by atoms with Gasteiger partial charge in [0.2, 0.25) is 15.9 Å². The van der Waals surface area contributed by atoms with E-state index in [-0.39, 0.29) is 24.8 Å². The van der Waals surface area contributed by atoms with Crippen LogP contribution in [0.3, 0.4) is 0 Å². The standard InChI is InChI=1S/C22H29ClN2O3S/c1-15(2)18-10-6-9-16(3)22(18)24-21(26)13-8-14-25(29(5,27)28)20-12-7-11-19(23)17(20)4/h6-7,9-12,15H,8,13-14H2,1-5H3,(H,24,26). The zero-order valence-electron chi connectivity index (χ0n) is 17.6. The quantitative estimate of drug-likeness (QED) is 0.613. The van der Waals surface area contributed by atoms with E-state index < -0.39 is 10.0 Å². The van der Waals surface area contributed by atoms with E-state index in [9.17, 15) is 13.2 Å². The molecular formula is C22H29ClN2O3S. The van der Waals surface area contributed by atoms with E-state index in [0.717, 1.165) is 23.1 Å². The number of nitrogens with one attached hydrogen (secondary N) is 1. The summed E-state index contributed by atoms with van der Waals surface area (Å²) in [4.78, 5) is 12.5. The van der Waals surface area contributed by atoms with Crippen molar-refractivity contribution >= 4 is 38.9 Å². The second kappa shape index (κ2) is 9.63. The van der Waals surface area contributed by atoms with Crippen molar-refractivity contribution in [2.75, 3.05) is 22.4 Å². The molecule has 2 rings (SSSR count). The molecule has 0 aliphatic heterocycles. The topological polar surface area (TPSA) is 66.5 Å². The van der Waals surface area contributed by atoms with Gasteiger partial charge < -0.3 is 5.32 Å². The van der Waals surface area contributed by atoms with Gasteiger partial charge in [-0.05, 0) is 55.0 Å². The molecule has 0 heterocycles. The van der Waals surface area contributed by atoms with Gasteiger partial charge in [0.15, 0.2) is 0 Å². The van der Waals surface area contributed by atoms with Crippen molar-refractivity contribution in [3.63, 3.8) is 0 Å². The smallest absolute Gasteiger partial charge is 0.232 e. The number of hydrogen-bond donors (Lipinski definition) is 1. The summed E-state index contributed by atoms with van der Waals surface area (Å²) in [5.74, 6) is 0.161. The Morgan fingerprint density at radius 1 is 1.14 bits per heavy atom.